The van der Waals surface area contributed by atoms with Gasteiger partial charge in [0.25, 0.3) is 5.91 Å². The maximum absolute atomic E-state index is 11.9. The third kappa shape index (κ3) is 6.58. The Hall–Kier alpha value is -1.08. The van der Waals surface area contributed by atoms with Crippen LogP contribution in [0.15, 0.2) is 18.2 Å². The summed E-state index contributed by atoms with van der Waals surface area (Å²) < 4.78 is 35.6. The van der Waals surface area contributed by atoms with Gasteiger partial charge in [-0.25, -0.2) is 0 Å². The molecule has 0 saturated carbocycles. The first-order valence-electron chi connectivity index (χ1n) is 5.14. The number of anilines is 1. The summed E-state index contributed by atoms with van der Waals surface area (Å²) in [6, 6.07) is 4.85. The van der Waals surface area contributed by atoms with Gasteiger partial charge in [-0.15, -0.1) is 12.4 Å². The molecule has 0 unspecified atom stereocenters. The number of carbonyl (C=O) groups excluding carboxylic acids is 1. The molecular weight excluding hydrogens is 301 g/mol. The first kappa shape index (κ1) is 17.9. The van der Waals surface area contributed by atoms with Crippen molar-refractivity contribution in [3.63, 3.8) is 0 Å². The summed E-state index contributed by atoms with van der Waals surface area (Å²) in [6.45, 7) is 1.69. The van der Waals surface area contributed by atoms with Gasteiger partial charge in [0.1, 0.15) is 0 Å². The largest absolute Gasteiger partial charge is 0.441 e. The lowest BCUT2D eigenvalue weighted by Crippen LogP contribution is -2.27. The van der Waals surface area contributed by atoms with Gasteiger partial charge in [0.2, 0.25) is 0 Å². The van der Waals surface area contributed by atoms with Crippen molar-refractivity contribution in [2.24, 2.45) is 0 Å². The van der Waals surface area contributed by atoms with E-state index in [2.05, 4.69) is 5.32 Å². The summed E-state index contributed by atoms with van der Waals surface area (Å²) >= 11 is -0.161. The fraction of sp³-hybridized carbons (Fsp3) is 0.364. The molecule has 1 aromatic carbocycles. The molecule has 1 aromatic rings. The Bertz CT molecular complexity index is 440. The first-order chi connectivity index (χ1) is 8.29. The number of hydrogen-bond donors (Lipinski definition) is 2. The summed E-state index contributed by atoms with van der Waals surface area (Å²) in [5.74, 6) is -0.626. The summed E-state index contributed by atoms with van der Waals surface area (Å²) in [4.78, 5) is 11.7. The highest BCUT2D eigenvalue weighted by Crippen LogP contribution is 2.29. The van der Waals surface area contributed by atoms with Crippen LogP contribution in [0, 0.1) is 6.92 Å². The van der Waals surface area contributed by atoms with Crippen LogP contribution in [0.1, 0.15) is 15.9 Å². The predicted molar refractivity (Wildman–Crippen MR) is 73.7 cm³/mol. The standard InChI is InChI=1S/C11H13F3N2OS.ClH/c1-7-2-3-8(15)6-9(7)10(17)16-4-5-18-11(12,13)14;/h2-3,6H,4-5,15H2,1H3,(H,16,17);1H. The van der Waals surface area contributed by atoms with E-state index in [0.29, 0.717) is 11.3 Å². The van der Waals surface area contributed by atoms with Crippen molar-refractivity contribution >= 4 is 35.8 Å². The van der Waals surface area contributed by atoms with Crippen molar-refractivity contribution < 1.29 is 18.0 Å². The fourth-order valence-corrected chi connectivity index (χ4v) is 1.75. The SMILES string of the molecule is Cc1ccc(N)cc1C(=O)NCCSC(F)(F)F.Cl. The van der Waals surface area contributed by atoms with Crippen molar-refractivity contribution in [2.75, 3.05) is 18.0 Å². The van der Waals surface area contributed by atoms with Gasteiger partial charge >= 0.3 is 5.51 Å². The number of alkyl halides is 3. The van der Waals surface area contributed by atoms with E-state index in [1.807, 2.05) is 0 Å². The van der Waals surface area contributed by atoms with E-state index in [9.17, 15) is 18.0 Å². The molecule has 0 fully saturated rings. The molecule has 0 bridgehead atoms. The van der Waals surface area contributed by atoms with Crippen LogP contribution >= 0.6 is 24.2 Å². The number of halogens is 4. The van der Waals surface area contributed by atoms with Crippen LogP contribution in [-0.2, 0) is 0 Å². The van der Waals surface area contributed by atoms with Crippen LogP contribution in [0.4, 0.5) is 18.9 Å². The van der Waals surface area contributed by atoms with E-state index in [1.165, 1.54) is 6.07 Å². The van der Waals surface area contributed by atoms with Gasteiger partial charge in [-0.1, -0.05) is 6.07 Å². The molecule has 108 valence electrons. The molecule has 0 aliphatic carbocycles. The molecule has 3 N–H and O–H groups in total. The number of nitrogens with two attached hydrogens (primary N) is 1. The molecule has 1 rings (SSSR count). The molecule has 0 radical (unpaired) electrons. The third-order valence-corrected chi connectivity index (χ3v) is 2.90. The predicted octanol–water partition coefficient (Wildman–Crippen LogP) is 2.98. The second kappa shape index (κ2) is 7.49. The van der Waals surface area contributed by atoms with E-state index in [-0.39, 0.29) is 36.5 Å². The molecule has 0 aromatic heterocycles. The van der Waals surface area contributed by atoms with E-state index < -0.39 is 11.4 Å². The lowest BCUT2D eigenvalue weighted by Gasteiger charge is -2.09. The number of rotatable bonds is 4. The van der Waals surface area contributed by atoms with Gasteiger partial charge in [0.05, 0.1) is 0 Å². The molecule has 1 amide bonds. The Kier molecular flexibility index (Phi) is 7.07. The Morgan fingerprint density at radius 1 is 1.42 bits per heavy atom. The molecule has 0 aliphatic heterocycles. The molecule has 3 nitrogen and oxygen atoms in total. The maximum atomic E-state index is 11.9. The number of nitrogen functional groups attached to an aromatic ring is 1. The van der Waals surface area contributed by atoms with Crippen molar-refractivity contribution in [2.45, 2.75) is 12.4 Å². The summed E-state index contributed by atoms with van der Waals surface area (Å²) in [6.07, 6.45) is 0. The highest BCUT2D eigenvalue weighted by molar-refractivity contribution is 8.00. The van der Waals surface area contributed by atoms with Crippen LogP contribution in [0.25, 0.3) is 0 Å². The van der Waals surface area contributed by atoms with Gasteiger partial charge in [-0.3, -0.25) is 4.79 Å². The Morgan fingerprint density at radius 3 is 2.63 bits per heavy atom. The normalized spacial score (nSPS) is 10.7. The Morgan fingerprint density at radius 2 is 2.05 bits per heavy atom. The minimum Gasteiger partial charge on any atom is -0.399 e. The fourth-order valence-electron chi connectivity index (χ4n) is 1.31. The lowest BCUT2D eigenvalue weighted by atomic mass is 10.1. The van der Waals surface area contributed by atoms with E-state index in [0.717, 1.165) is 5.56 Å². The van der Waals surface area contributed by atoms with E-state index in [4.69, 9.17) is 5.73 Å². The zero-order valence-electron chi connectivity index (χ0n) is 10.1. The quantitative estimate of drug-likeness (QED) is 0.663. The van der Waals surface area contributed by atoms with Crippen molar-refractivity contribution in [3.8, 4) is 0 Å². The molecular formula is C11H14ClF3N2OS. The zero-order chi connectivity index (χ0) is 13.8. The highest BCUT2D eigenvalue weighted by atomic mass is 35.5. The number of carbonyl (C=O) groups is 1. The summed E-state index contributed by atoms with van der Waals surface area (Å²) in [5.41, 5.74) is 2.83. The van der Waals surface area contributed by atoms with Gasteiger partial charge in [-0.05, 0) is 36.4 Å². The molecule has 19 heavy (non-hydrogen) atoms. The number of benzene rings is 1. The Labute approximate surface area is 119 Å². The number of hydrogen-bond acceptors (Lipinski definition) is 3. The van der Waals surface area contributed by atoms with Gasteiger partial charge in [-0.2, -0.15) is 13.2 Å². The van der Waals surface area contributed by atoms with Crippen molar-refractivity contribution in [1.82, 2.24) is 5.32 Å². The van der Waals surface area contributed by atoms with Crippen molar-refractivity contribution in [3.05, 3.63) is 29.3 Å². The molecule has 0 atom stereocenters. The van der Waals surface area contributed by atoms with Crippen LogP contribution in [0.3, 0.4) is 0 Å². The van der Waals surface area contributed by atoms with Crippen LogP contribution in [-0.4, -0.2) is 23.7 Å². The smallest absolute Gasteiger partial charge is 0.399 e. The van der Waals surface area contributed by atoms with Crippen molar-refractivity contribution in [1.29, 1.82) is 0 Å². The second-order valence-electron chi connectivity index (χ2n) is 3.62. The van der Waals surface area contributed by atoms with E-state index >= 15 is 0 Å². The minimum absolute atomic E-state index is 0. The molecule has 0 saturated heterocycles. The minimum atomic E-state index is -4.27. The molecule has 0 heterocycles. The Balaban J connectivity index is 0.00000324. The topological polar surface area (TPSA) is 55.1 Å². The third-order valence-electron chi connectivity index (χ3n) is 2.16. The number of thioether (sulfide) groups is 1. The van der Waals surface area contributed by atoms with Gasteiger partial charge < -0.3 is 11.1 Å². The lowest BCUT2D eigenvalue weighted by molar-refractivity contribution is -0.0327. The second-order valence-corrected chi connectivity index (χ2v) is 4.78. The first-order valence-corrected chi connectivity index (χ1v) is 6.13. The van der Waals surface area contributed by atoms with Crippen LogP contribution < -0.4 is 11.1 Å². The maximum Gasteiger partial charge on any atom is 0.441 e. The molecule has 0 aliphatic rings. The average molecular weight is 315 g/mol. The zero-order valence-corrected chi connectivity index (χ0v) is 11.7. The number of aryl methyl sites for hydroxylation is 1. The highest BCUT2D eigenvalue weighted by Gasteiger charge is 2.27. The molecule has 8 heteroatoms. The van der Waals surface area contributed by atoms with Gasteiger partial charge in [0, 0.05) is 23.5 Å². The van der Waals surface area contributed by atoms with Crippen LogP contribution in [0.5, 0.6) is 0 Å². The van der Waals surface area contributed by atoms with Crippen LogP contribution in [0.2, 0.25) is 0 Å². The summed E-state index contributed by atoms with van der Waals surface area (Å²) in [5, 5.41) is 2.42. The van der Waals surface area contributed by atoms with E-state index in [1.54, 1.807) is 19.1 Å². The summed E-state index contributed by atoms with van der Waals surface area (Å²) in [7, 11) is 0. The number of nitrogens with one attached hydrogen (secondary N) is 1. The average Bonchev–Trinajstić information content (AvgIpc) is 2.26. The molecule has 0 spiro atoms. The number of amides is 1. The monoisotopic (exact) mass is 314 g/mol. The van der Waals surface area contributed by atoms with Gasteiger partial charge in [0.15, 0.2) is 0 Å².